The van der Waals surface area contributed by atoms with Gasteiger partial charge in [0.05, 0.1) is 0 Å². The van der Waals surface area contributed by atoms with Gasteiger partial charge < -0.3 is 14.9 Å². The van der Waals surface area contributed by atoms with Gasteiger partial charge in [-0.05, 0) is 12.3 Å². The molecule has 0 aromatic rings. The molecule has 2 aliphatic heterocycles. The van der Waals surface area contributed by atoms with E-state index in [-0.39, 0.29) is 36.6 Å². The average Bonchev–Trinajstić information content (AvgIpc) is 2.69. The third-order valence-corrected chi connectivity index (χ3v) is 3.89. The highest BCUT2D eigenvalue weighted by Crippen LogP contribution is 2.23. The second kappa shape index (κ2) is 5.59. The van der Waals surface area contributed by atoms with E-state index in [1.54, 1.807) is 11.8 Å². The van der Waals surface area contributed by atoms with Crippen molar-refractivity contribution in [2.45, 2.75) is 38.6 Å². The summed E-state index contributed by atoms with van der Waals surface area (Å²) in [5.74, 6) is -0.816. The standard InChI is InChI=1S/C13H20N2O4/c1-9(7-13(18)19)6-12(17)14-4-5-15-10(8-14)2-3-11(15)16/h9-10H,2-8H2,1H3,(H,18,19). The number of rotatable bonds is 4. The van der Waals surface area contributed by atoms with Gasteiger partial charge >= 0.3 is 5.97 Å². The summed E-state index contributed by atoms with van der Waals surface area (Å²) < 4.78 is 0. The fourth-order valence-corrected chi connectivity index (χ4v) is 2.89. The quantitative estimate of drug-likeness (QED) is 0.796. The maximum atomic E-state index is 12.1. The van der Waals surface area contributed by atoms with Crippen LogP contribution in [0.3, 0.4) is 0 Å². The molecule has 2 atom stereocenters. The summed E-state index contributed by atoms with van der Waals surface area (Å²) in [4.78, 5) is 37.9. The number of carbonyl (C=O) groups excluding carboxylic acids is 2. The molecular formula is C13H20N2O4. The Kier molecular flexibility index (Phi) is 4.07. The zero-order valence-corrected chi connectivity index (χ0v) is 11.2. The number of carboxylic acid groups (broad SMARTS) is 1. The number of amides is 2. The van der Waals surface area contributed by atoms with Gasteiger partial charge in [-0.2, -0.15) is 0 Å². The Bertz CT molecular complexity index is 396. The van der Waals surface area contributed by atoms with Crippen LogP contribution in [0, 0.1) is 5.92 Å². The maximum Gasteiger partial charge on any atom is 0.303 e. The van der Waals surface area contributed by atoms with Gasteiger partial charge in [-0.1, -0.05) is 6.92 Å². The van der Waals surface area contributed by atoms with E-state index in [0.29, 0.717) is 26.1 Å². The molecular weight excluding hydrogens is 248 g/mol. The van der Waals surface area contributed by atoms with Crippen LogP contribution in [-0.2, 0) is 14.4 Å². The van der Waals surface area contributed by atoms with Crippen molar-refractivity contribution in [3.8, 4) is 0 Å². The molecule has 0 radical (unpaired) electrons. The topological polar surface area (TPSA) is 77.9 Å². The van der Waals surface area contributed by atoms with Crippen LogP contribution in [-0.4, -0.2) is 58.4 Å². The zero-order valence-electron chi connectivity index (χ0n) is 11.2. The van der Waals surface area contributed by atoms with Gasteiger partial charge in [0.15, 0.2) is 0 Å². The fraction of sp³-hybridized carbons (Fsp3) is 0.769. The Hall–Kier alpha value is -1.59. The molecule has 2 unspecified atom stereocenters. The minimum atomic E-state index is -0.869. The van der Waals surface area contributed by atoms with Gasteiger partial charge in [0.1, 0.15) is 0 Å². The second-order valence-corrected chi connectivity index (χ2v) is 5.53. The fourth-order valence-electron chi connectivity index (χ4n) is 2.89. The Balaban J connectivity index is 1.84. The highest BCUT2D eigenvalue weighted by Gasteiger charge is 2.36. The zero-order chi connectivity index (χ0) is 14.0. The minimum absolute atomic E-state index is 0.00717. The molecule has 1 N–H and O–H groups in total. The third-order valence-electron chi connectivity index (χ3n) is 3.89. The number of hydrogen-bond donors (Lipinski definition) is 1. The van der Waals surface area contributed by atoms with Crippen molar-refractivity contribution in [2.75, 3.05) is 19.6 Å². The molecule has 2 saturated heterocycles. The van der Waals surface area contributed by atoms with E-state index in [4.69, 9.17) is 5.11 Å². The van der Waals surface area contributed by atoms with E-state index in [9.17, 15) is 14.4 Å². The second-order valence-electron chi connectivity index (χ2n) is 5.53. The summed E-state index contributed by atoms with van der Waals surface area (Å²) in [5.41, 5.74) is 0. The van der Waals surface area contributed by atoms with Crippen molar-refractivity contribution >= 4 is 17.8 Å². The molecule has 0 aliphatic carbocycles. The van der Waals surface area contributed by atoms with Gasteiger partial charge in [-0.15, -0.1) is 0 Å². The van der Waals surface area contributed by atoms with E-state index in [1.165, 1.54) is 0 Å². The summed E-state index contributed by atoms with van der Waals surface area (Å²) in [6, 6.07) is 0.167. The molecule has 2 rings (SSSR count). The van der Waals surface area contributed by atoms with Crippen molar-refractivity contribution in [2.24, 2.45) is 5.92 Å². The van der Waals surface area contributed by atoms with Crippen molar-refractivity contribution in [1.29, 1.82) is 0 Å². The molecule has 19 heavy (non-hydrogen) atoms. The van der Waals surface area contributed by atoms with Gasteiger partial charge in [0.25, 0.3) is 0 Å². The molecule has 6 heteroatoms. The summed E-state index contributed by atoms with van der Waals surface area (Å²) in [6.45, 7) is 3.56. The van der Waals surface area contributed by atoms with E-state index in [2.05, 4.69) is 0 Å². The highest BCUT2D eigenvalue weighted by molar-refractivity contribution is 5.81. The lowest BCUT2D eigenvalue weighted by Gasteiger charge is -2.37. The number of carbonyl (C=O) groups is 3. The summed E-state index contributed by atoms with van der Waals surface area (Å²) in [5, 5.41) is 8.69. The molecule has 106 valence electrons. The molecule has 0 aromatic carbocycles. The Labute approximate surface area is 112 Å². The van der Waals surface area contributed by atoms with Gasteiger partial charge in [-0.25, -0.2) is 0 Å². The predicted octanol–water partition coefficient (Wildman–Crippen LogP) is 0.320. The molecule has 0 saturated carbocycles. The number of hydrogen-bond acceptors (Lipinski definition) is 3. The summed E-state index contributed by atoms with van der Waals surface area (Å²) in [7, 11) is 0. The molecule has 2 heterocycles. The van der Waals surface area contributed by atoms with Crippen LogP contribution in [0.2, 0.25) is 0 Å². The first-order valence-electron chi connectivity index (χ1n) is 6.76. The van der Waals surface area contributed by atoms with E-state index in [1.807, 2.05) is 4.90 Å². The number of fused-ring (bicyclic) bond motifs is 1. The van der Waals surface area contributed by atoms with Crippen LogP contribution in [0.1, 0.15) is 32.6 Å². The molecule has 2 amide bonds. The van der Waals surface area contributed by atoms with Crippen LogP contribution < -0.4 is 0 Å². The third kappa shape index (κ3) is 3.24. The molecule has 6 nitrogen and oxygen atoms in total. The van der Waals surface area contributed by atoms with Crippen LogP contribution in [0.4, 0.5) is 0 Å². The molecule has 0 spiro atoms. The molecule has 0 aromatic heterocycles. The largest absolute Gasteiger partial charge is 0.481 e. The highest BCUT2D eigenvalue weighted by atomic mass is 16.4. The van der Waals surface area contributed by atoms with Crippen molar-refractivity contribution in [1.82, 2.24) is 9.80 Å². The number of piperazine rings is 1. The smallest absolute Gasteiger partial charge is 0.303 e. The molecule has 2 fully saturated rings. The SMILES string of the molecule is CC(CC(=O)O)CC(=O)N1CCN2C(=O)CCC2C1. The van der Waals surface area contributed by atoms with E-state index >= 15 is 0 Å². The predicted molar refractivity (Wildman–Crippen MR) is 67.3 cm³/mol. The first-order valence-corrected chi connectivity index (χ1v) is 6.76. The lowest BCUT2D eigenvalue weighted by Crippen LogP contribution is -2.53. The number of carboxylic acids is 1. The first kappa shape index (κ1) is 13.8. The maximum absolute atomic E-state index is 12.1. The summed E-state index contributed by atoms with van der Waals surface area (Å²) in [6.07, 6.45) is 1.70. The van der Waals surface area contributed by atoms with Crippen LogP contribution >= 0.6 is 0 Å². The first-order chi connectivity index (χ1) is 8.97. The average molecular weight is 268 g/mol. The Morgan fingerprint density at radius 1 is 1.37 bits per heavy atom. The molecule has 2 aliphatic rings. The Morgan fingerprint density at radius 3 is 2.79 bits per heavy atom. The van der Waals surface area contributed by atoms with Crippen molar-refractivity contribution in [3.05, 3.63) is 0 Å². The number of aliphatic carboxylic acids is 1. The molecule has 0 bridgehead atoms. The minimum Gasteiger partial charge on any atom is -0.481 e. The van der Waals surface area contributed by atoms with Crippen molar-refractivity contribution < 1.29 is 19.5 Å². The Morgan fingerprint density at radius 2 is 2.11 bits per heavy atom. The van der Waals surface area contributed by atoms with Crippen LogP contribution in [0.15, 0.2) is 0 Å². The van der Waals surface area contributed by atoms with Gasteiger partial charge in [-0.3, -0.25) is 14.4 Å². The lowest BCUT2D eigenvalue weighted by atomic mass is 10.0. The van der Waals surface area contributed by atoms with E-state index < -0.39 is 5.97 Å². The lowest BCUT2D eigenvalue weighted by molar-refractivity contribution is -0.141. The van der Waals surface area contributed by atoms with Crippen LogP contribution in [0.5, 0.6) is 0 Å². The van der Waals surface area contributed by atoms with Crippen LogP contribution in [0.25, 0.3) is 0 Å². The van der Waals surface area contributed by atoms with Gasteiger partial charge in [0.2, 0.25) is 11.8 Å². The van der Waals surface area contributed by atoms with E-state index in [0.717, 1.165) is 6.42 Å². The monoisotopic (exact) mass is 268 g/mol. The number of nitrogens with zero attached hydrogens (tertiary/aromatic N) is 2. The normalized spacial score (nSPS) is 24.3. The summed E-state index contributed by atoms with van der Waals surface area (Å²) >= 11 is 0. The van der Waals surface area contributed by atoms with Gasteiger partial charge in [0, 0.05) is 44.9 Å². The van der Waals surface area contributed by atoms with Crippen molar-refractivity contribution in [3.63, 3.8) is 0 Å².